The first-order chi connectivity index (χ1) is 29.7. The zero-order valence-electron chi connectivity index (χ0n) is 38.9. The van der Waals surface area contributed by atoms with Crippen molar-refractivity contribution < 1.29 is 65.1 Å². The Morgan fingerprint density at radius 3 is 1.31 bits per heavy atom. The smallest absolute Gasteiger partial charge is 0.432 e. The number of methoxy groups -OCH3 is 2. The Morgan fingerprint density at radius 1 is 0.562 bits per heavy atom. The highest BCUT2D eigenvalue weighted by atomic mass is 19.4. The van der Waals surface area contributed by atoms with Crippen LogP contribution in [0.25, 0.3) is 0 Å². The monoisotopic (exact) mass is 910 g/mol. The van der Waals surface area contributed by atoms with Crippen LogP contribution >= 0.6 is 0 Å². The molecule has 0 spiro atoms. The molecule has 0 aliphatic carbocycles. The van der Waals surface area contributed by atoms with E-state index in [1.54, 1.807) is 0 Å². The Kier molecular flexibility index (Phi) is 21.2. The second-order valence-corrected chi connectivity index (χ2v) is 17.5. The minimum atomic E-state index is -5.16. The second kappa shape index (κ2) is 24.3. The van der Waals surface area contributed by atoms with E-state index >= 15 is 0 Å². The summed E-state index contributed by atoms with van der Waals surface area (Å²) in [5.41, 5.74) is -7.03. The predicted molar refractivity (Wildman–Crippen MR) is 236 cm³/mol. The molecule has 2 aromatic rings. The lowest BCUT2D eigenvalue weighted by Crippen LogP contribution is -2.54. The SMILES string of the molecule is CO[C@@](C(=O)O[C@@H](CC/C(C)=C/CC/C(C)=C/CC/C=C(\C)CC[C@H](OC(=O)[C@](OC)(c1ccccc1)C(F)(F)F)[C@](C)(O)CCC=C(C)C)C(C)(C)O)(c1ccccc1)C(F)(F)F. The highest BCUT2D eigenvalue weighted by molar-refractivity contribution is 5.83. The summed E-state index contributed by atoms with van der Waals surface area (Å²) in [5, 5.41) is 22.3. The van der Waals surface area contributed by atoms with Gasteiger partial charge in [-0.25, -0.2) is 9.59 Å². The largest absolute Gasteiger partial charge is 0.457 e. The molecule has 5 atom stereocenters. The Balaban J connectivity index is 2.07. The van der Waals surface area contributed by atoms with Crippen molar-refractivity contribution in [3.05, 3.63) is 118 Å². The molecule has 2 aromatic carbocycles. The maximum atomic E-state index is 14.7. The number of esters is 2. The molecule has 0 bridgehead atoms. The average Bonchev–Trinajstić information content (AvgIpc) is 3.19. The van der Waals surface area contributed by atoms with Gasteiger partial charge in [-0.05, 0) is 120 Å². The molecule has 0 aliphatic rings. The fraction of sp³-hybridized carbons (Fsp3) is 0.560. The third kappa shape index (κ3) is 15.4. The number of carbonyl (C=O) groups is 2. The van der Waals surface area contributed by atoms with E-state index in [4.69, 9.17) is 18.9 Å². The second-order valence-electron chi connectivity index (χ2n) is 17.5. The van der Waals surface area contributed by atoms with Gasteiger partial charge in [-0.3, -0.25) is 0 Å². The molecule has 64 heavy (non-hydrogen) atoms. The Bertz CT molecular complexity index is 1890. The molecule has 0 aliphatic heterocycles. The lowest BCUT2D eigenvalue weighted by molar-refractivity contribution is -0.281. The van der Waals surface area contributed by atoms with Crippen molar-refractivity contribution in [3.8, 4) is 0 Å². The summed E-state index contributed by atoms with van der Waals surface area (Å²) in [7, 11) is 1.59. The van der Waals surface area contributed by atoms with Gasteiger partial charge >= 0.3 is 24.3 Å². The van der Waals surface area contributed by atoms with Gasteiger partial charge in [-0.1, -0.05) is 107 Å². The van der Waals surface area contributed by atoms with Gasteiger partial charge < -0.3 is 29.2 Å². The summed E-state index contributed by atoms with van der Waals surface area (Å²) in [6, 6.07) is 13.0. The Morgan fingerprint density at radius 2 is 0.938 bits per heavy atom. The lowest BCUT2D eigenvalue weighted by Gasteiger charge is -2.37. The van der Waals surface area contributed by atoms with Crippen LogP contribution in [0.3, 0.4) is 0 Å². The lowest BCUT2D eigenvalue weighted by atomic mass is 9.88. The maximum absolute atomic E-state index is 14.7. The molecule has 0 fully saturated rings. The first-order valence-corrected chi connectivity index (χ1v) is 21.5. The molecular weight excluding hydrogens is 843 g/mol. The van der Waals surface area contributed by atoms with E-state index in [1.807, 2.05) is 52.8 Å². The van der Waals surface area contributed by atoms with Gasteiger partial charge in [0, 0.05) is 25.3 Å². The van der Waals surface area contributed by atoms with Crippen molar-refractivity contribution >= 4 is 11.9 Å². The topological polar surface area (TPSA) is 112 Å². The van der Waals surface area contributed by atoms with Crippen LogP contribution in [0.4, 0.5) is 26.3 Å². The molecule has 2 rings (SSSR count). The van der Waals surface area contributed by atoms with Gasteiger partial charge in [0.2, 0.25) is 0 Å². The zero-order chi connectivity index (χ0) is 48.6. The molecule has 8 nitrogen and oxygen atoms in total. The van der Waals surface area contributed by atoms with Crippen LogP contribution in [0.15, 0.2) is 107 Å². The molecular formula is C50H68F6O8. The van der Waals surface area contributed by atoms with Gasteiger partial charge in [0.05, 0.1) is 11.2 Å². The van der Waals surface area contributed by atoms with E-state index in [9.17, 15) is 46.1 Å². The van der Waals surface area contributed by atoms with Crippen LogP contribution in [0.5, 0.6) is 0 Å². The van der Waals surface area contributed by atoms with Crippen LogP contribution < -0.4 is 0 Å². The summed E-state index contributed by atoms with van der Waals surface area (Å²) in [6.07, 6.45) is -0.745. The fourth-order valence-electron chi connectivity index (χ4n) is 7.30. The molecule has 0 saturated carbocycles. The van der Waals surface area contributed by atoms with Crippen molar-refractivity contribution in [2.45, 2.75) is 167 Å². The minimum Gasteiger partial charge on any atom is -0.457 e. The molecule has 0 saturated heterocycles. The molecule has 2 N–H and O–H groups in total. The summed E-state index contributed by atoms with van der Waals surface area (Å²) in [5.74, 6) is -3.32. The summed E-state index contributed by atoms with van der Waals surface area (Å²) >= 11 is 0. The average molecular weight is 911 g/mol. The van der Waals surface area contributed by atoms with E-state index < -0.39 is 70.0 Å². The molecule has 0 amide bonds. The normalized spacial score (nSPS) is 17.1. The first kappa shape index (κ1) is 55.9. The number of halogens is 6. The van der Waals surface area contributed by atoms with Gasteiger partial charge in [0.1, 0.15) is 12.2 Å². The van der Waals surface area contributed by atoms with Crippen LogP contribution in [0.1, 0.15) is 131 Å². The fourth-order valence-corrected chi connectivity index (χ4v) is 7.30. The zero-order valence-corrected chi connectivity index (χ0v) is 38.9. The number of hydrogen-bond acceptors (Lipinski definition) is 8. The molecule has 0 radical (unpaired) electrons. The number of carbonyl (C=O) groups excluding carboxylic acids is 2. The van der Waals surface area contributed by atoms with E-state index in [1.165, 1.54) is 57.2 Å². The van der Waals surface area contributed by atoms with E-state index in [0.29, 0.717) is 38.5 Å². The van der Waals surface area contributed by atoms with Crippen molar-refractivity contribution in [1.82, 2.24) is 0 Å². The summed E-state index contributed by atoms with van der Waals surface area (Å²) in [4.78, 5) is 26.8. The van der Waals surface area contributed by atoms with Gasteiger partial charge in [-0.15, -0.1) is 0 Å². The van der Waals surface area contributed by atoms with Crippen LogP contribution in [0.2, 0.25) is 0 Å². The Labute approximate surface area is 375 Å². The number of ether oxygens (including phenoxy) is 4. The highest BCUT2D eigenvalue weighted by Gasteiger charge is 2.65. The van der Waals surface area contributed by atoms with E-state index in [-0.39, 0.29) is 19.3 Å². The standard InChI is InChI=1S/C50H68F6O8/c1-35(2)21-20-34-46(8,60)42(64-44(58)48(62-10,50(54,55)56)40-28-15-12-16-29-40)33-31-37(4)23-18-17-22-36(3)24-19-25-38(5)30-32-41(45(6,7)59)63-43(57)47(61-9,49(51,52)53)39-26-13-11-14-27-39/h11-16,21-23,25-29,41-42,59-60H,17-20,24,30-34H2,1-10H3/b36-22+,37-23+,38-25+/t41-,42-,46+,47+,48+/m0/s1. The third-order valence-electron chi connectivity index (χ3n) is 11.3. The third-order valence-corrected chi connectivity index (χ3v) is 11.3. The summed E-state index contributed by atoms with van der Waals surface area (Å²) in [6.45, 7) is 13.7. The number of hydrogen-bond donors (Lipinski definition) is 2. The quantitative estimate of drug-likeness (QED) is 0.0438. The van der Waals surface area contributed by atoms with Crippen LogP contribution in [0, 0.1) is 0 Å². The van der Waals surface area contributed by atoms with Crippen molar-refractivity contribution in [2.75, 3.05) is 14.2 Å². The maximum Gasteiger partial charge on any atom is 0.432 e. The minimum absolute atomic E-state index is 0.0658. The van der Waals surface area contributed by atoms with Gasteiger partial charge in [0.15, 0.2) is 0 Å². The summed E-state index contributed by atoms with van der Waals surface area (Å²) < 4.78 is 108. The van der Waals surface area contributed by atoms with E-state index in [0.717, 1.165) is 67.2 Å². The number of alkyl halides is 6. The molecule has 14 heteroatoms. The molecule has 0 aromatic heterocycles. The number of allylic oxidation sites excluding steroid dienone is 8. The van der Waals surface area contributed by atoms with Crippen LogP contribution in [-0.4, -0.2) is 72.1 Å². The van der Waals surface area contributed by atoms with Crippen LogP contribution in [-0.2, 0) is 39.7 Å². The van der Waals surface area contributed by atoms with Gasteiger partial charge in [0.25, 0.3) is 11.2 Å². The van der Waals surface area contributed by atoms with Crippen molar-refractivity contribution in [1.29, 1.82) is 0 Å². The first-order valence-electron chi connectivity index (χ1n) is 21.5. The van der Waals surface area contributed by atoms with E-state index in [2.05, 4.69) is 6.08 Å². The van der Waals surface area contributed by atoms with Crippen molar-refractivity contribution in [3.63, 3.8) is 0 Å². The molecule has 0 unspecified atom stereocenters. The molecule has 358 valence electrons. The van der Waals surface area contributed by atoms with Crippen molar-refractivity contribution in [2.24, 2.45) is 0 Å². The highest BCUT2D eigenvalue weighted by Crippen LogP contribution is 2.45. The number of unbranched alkanes of at least 4 members (excludes halogenated alkanes) is 1. The Hall–Kier alpha value is -4.24. The van der Waals surface area contributed by atoms with Gasteiger partial charge in [-0.2, -0.15) is 26.3 Å². The number of rotatable bonds is 25. The number of benzene rings is 2. The predicted octanol–water partition coefficient (Wildman–Crippen LogP) is 12.2. The molecule has 0 heterocycles. The number of aliphatic hydroxyl groups is 2.